The van der Waals surface area contributed by atoms with Crippen LogP contribution in [0.4, 0.5) is 0 Å². The average molecular weight is 451 g/mol. The fourth-order valence-electron chi connectivity index (χ4n) is 5.92. The molecular formula is C32H34O2. The predicted molar refractivity (Wildman–Crippen MR) is 141 cm³/mol. The monoisotopic (exact) mass is 450 g/mol. The van der Waals surface area contributed by atoms with Gasteiger partial charge in [0.05, 0.1) is 0 Å². The van der Waals surface area contributed by atoms with Gasteiger partial charge in [-0.3, -0.25) is 0 Å². The largest absolute Gasteiger partial charge is 0.380 e. The Hall–Kier alpha value is -2.94. The molecule has 2 heteroatoms. The van der Waals surface area contributed by atoms with Gasteiger partial charge in [-0.05, 0) is 45.9 Å². The summed E-state index contributed by atoms with van der Waals surface area (Å²) in [7, 11) is 0. The van der Waals surface area contributed by atoms with E-state index in [-0.39, 0.29) is 0 Å². The Labute approximate surface area is 202 Å². The zero-order valence-corrected chi connectivity index (χ0v) is 20.2. The summed E-state index contributed by atoms with van der Waals surface area (Å²) in [5.41, 5.74) is 3.20. The molecule has 1 aliphatic rings. The number of hydrogen-bond donors (Lipinski definition) is 2. The number of hydrogen-bond acceptors (Lipinski definition) is 2. The topological polar surface area (TPSA) is 40.5 Å². The maximum absolute atomic E-state index is 12.7. The van der Waals surface area contributed by atoms with Crippen molar-refractivity contribution in [2.24, 2.45) is 0 Å². The van der Waals surface area contributed by atoms with Crippen molar-refractivity contribution >= 4 is 10.8 Å². The molecule has 0 bridgehead atoms. The van der Waals surface area contributed by atoms with Crippen LogP contribution in [0.2, 0.25) is 0 Å². The number of benzene rings is 4. The summed E-state index contributed by atoms with van der Waals surface area (Å²) in [4.78, 5) is 0. The van der Waals surface area contributed by atoms with E-state index in [0.29, 0.717) is 12.8 Å². The Morgan fingerprint density at radius 3 is 1.91 bits per heavy atom. The second-order valence-electron chi connectivity index (χ2n) is 9.73. The lowest BCUT2D eigenvalue weighted by Crippen LogP contribution is -2.43. The highest BCUT2D eigenvalue weighted by atomic mass is 16.3. The Kier molecular flexibility index (Phi) is 6.06. The van der Waals surface area contributed by atoms with Crippen LogP contribution in [0.3, 0.4) is 0 Å². The molecule has 4 aromatic rings. The minimum atomic E-state index is -1.17. The van der Waals surface area contributed by atoms with Crippen LogP contribution in [0, 0.1) is 0 Å². The molecule has 0 radical (unpaired) electrons. The molecule has 0 unspecified atom stereocenters. The molecule has 4 aromatic carbocycles. The van der Waals surface area contributed by atoms with Gasteiger partial charge < -0.3 is 10.2 Å². The molecule has 0 saturated heterocycles. The minimum Gasteiger partial charge on any atom is -0.380 e. The lowest BCUT2D eigenvalue weighted by Gasteiger charge is -2.46. The maximum Gasteiger partial charge on any atom is 0.116 e. The van der Waals surface area contributed by atoms with Crippen LogP contribution in [0.25, 0.3) is 21.9 Å². The number of aliphatic hydroxyl groups is 2. The first-order chi connectivity index (χ1) is 16.5. The summed E-state index contributed by atoms with van der Waals surface area (Å²) >= 11 is 0. The van der Waals surface area contributed by atoms with Gasteiger partial charge in [0.1, 0.15) is 11.2 Å². The first kappa shape index (κ1) is 22.8. The molecule has 2 nitrogen and oxygen atoms in total. The molecule has 0 aromatic heterocycles. The number of fused-ring (bicyclic) bond motifs is 4. The molecule has 2 atom stereocenters. The molecule has 34 heavy (non-hydrogen) atoms. The van der Waals surface area contributed by atoms with E-state index < -0.39 is 11.2 Å². The third-order valence-corrected chi connectivity index (χ3v) is 7.58. The molecule has 0 saturated carbocycles. The highest BCUT2D eigenvalue weighted by Crippen LogP contribution is 2.55. The fourth-order valence-corrected chi connectivity index (χ4v) is 5.92. The molecule has 0 heterocycles. The first-order valence-electron chi connectivity index (χ1n) is 12.7. The molecular weight excluding hydrogens is 416 g/mol. The lowest BCUT2D eigenvalue weighted by atomic mass is 9.62. The van der Waals surface area contributed by atoms with Crippen molar-refractivity contribution in [1.29, 1.82) is 0 Å². The quantitative estimate of drug-likeness (QED) is 0.303. The molecule has 0 amide bonds. The second-order valence-corrected chi connectivity index (χ2v) is 9.73. The first-order valence-corrected chi connectivity index (χ1v) is 12.7. The average Bonchev–Trinajstić information content (AvgIpc) is 2.89. The van der Waals surface area contributed by atoms with E-state index in [9.17, 15) is 10.2 Å². The standard InChI is InChI=1S/C32H34O2/c1-3-5-21-31(33)27-18-12-17-26(23-13-8-7-9-14-23)29(27)32(34,22-6-4-2)28-20-19-24-15-10-11-16-25(24)30(28)31/h7-20,33-34H,3-6,21-22H2,1-2H3/t31-,32+/m0/s1. The molecule has 1 aliphatic carbocycles. The van der Waals surface area contributed by atoms with Crippen molar-refractivity contribution in [2.75, 3.05) is 0 Å². The van der Waals surface area contributed by atoms with Gasteiger partial charge in [-0.25, -0.2) is 0 Å². The third-order valence-electron chi connectivity index (χ3n) is 7.58. The van der Waals surface area contributed by atoms with Crippen molar-refractivity contribution < 1.29 is 10.2 Å². The molecule has 0 fully saturated rings. The van der Waals surface area contributed by atoms with Gasteiger partial charge in [-0.15, -0.1) is 0 Å². The molecule has 0 spiro atoms. The highest BCUT2D eigenvalue weighted by Gasteiger charge is 2.50. The molecule has 0 aliphatic heterocycles. The second kappa shape index (κ2) is 9.02. The summed E-state index contributed by atoms with van der Waals surface area (Å²) in [5.74, 6) is 0. The van der Waals surface area contributed by atoms with Gasteiger partial charge in [0, 0.05) is 11.1 Å². The highest BCUT2D eigenvalue weighted by molar-refractivity contribution is 5.90. The fraction of sp³-hybridized carbons (Fsp3) is 0.312. The Morgan fingerprint density at radius 1 is 0.588 bits per heavy atom. The summed E-state index contributed by atoms with van der Waals surface area (Å²) in [6.45, 7) is 4.32. The van der Waals surface area contributed by atoms with Crippen LogP contribution in [-0.2, 0) is 11.2 Å². The Morgan fingerprint density at radius 2 is 1.21 bits per heavy atom. The summed E-state index contributed by atoms with van der Waals surface area (Å²) < 4.78 is 0. The van der Waals surface area contributed by atoms with Crippen LogP contribution >= 0.6 is 0 Å². The normalized spacial score (nSPS) is 21.3. The summed E-state index contributed by atoms with van der Waals surface area (Å²) in [6.07, 6.45) is 5.04. The van der Waals surface area contributed by atoms with Gasteiger partial charge in [-0.1, -0.05) is 124 Å². The number of unbranched alkanes of at least 4 members (excludes halogenated alkanes) is 2. The van der Waals surface area contributed by atoms with Gasteiger partial charge in [0.15, 0.2) is 0 Å². The molecule has 2 N–H and O–H groups in total. The number of rotatable bonds is 7. The van der Waals surface area contributed by atoms with Crippen molar-refractivity contribution in [3.63, 3.8) is 0 Å². The van der Waals surface area contributed by atoms with Gasteiger partial charge in [0.25, 0.3) is 0 Å². The van der Waals surface area contributed by atoms with E-state index in [1.807, 2.05) is 42.5 Å². The summed E-state index contributed by atoms with van der Waals surface area (Å²) in [6, 6.07) is 28.9. The Balaban J connectivity index is 1.90. The van der Waals surface area contributed by atoms with Gasteiger partial charge >= 0.3 is 0 Å². The van der Waals surface area contributed by atoms with E-state index in [0.717, 1.165) is 69.8 Å². The Bertz CT molecular complexity index is 1310. The van der Waals surface area contributed by atoms with E-state index >= 15 is 0 Å². The van der Waals surface area contributed by atoms with Gasteiger partial charge in [-0.2, -0.15) is 0 Å². The van der Waals surface area contributed by atoms with Crippen LogP contribution in [-0.4, -0.2) is 10.2 Å². The van der Waals surface area contributed by atoms with Crippen LogP contribution < -0.4 is 0 Å². The zero-order chi connectivity index (χ0) is 23.8. The maximum atomic E-state index is 12.7. The van der Waals surface area contributed by atoms with Crippen molar-refractivity contribution in [3.8, 4) is 11.1 Å². The van der Waals surface area contributed by atoms with E-state index in [2.05, 4.69) is 56.3 Å². The van der Waals surface area contributed by atoms with Crippen LogP contribution in [0.15, 0.2) is 84.9 Å². The van der Waals surface area contributed by atoms with E-state index in [1.54, 1.807) is 0 Å². The van der Waals surface area contributed by atoms with Crippen LogP contribution in [0.5, 0.6) is 0 Å². The minimum absolute atomic E-state index is 0.621. The SMILES string of the molecule is CCCC[C@@]1(O)c2ccc3ccccc3c2[C@](O)(CCCC)c2cccc(-c3ccccc3)c21. The molecule has 5 rings (SSSR count). The van der Waals surface area contributed by atoms with Gasteiger partial charge in [0.2, 0.25) is 0 Å². The predicted octanol–water partition coefficient (Wildman–Crippen LogP) is 7.67. The van der Waals surface area contributed by atoms with Crippen molar-refractivity contribution in [3.05, 3.63) is 107 Å². The van der Waals surface area contributed by atoms with Crippen molar-refractivity contribution in [2.45, 2.75) is 63.6 Å². The van der Waals surface area contributed by atoms with E-state index in [4.69, 9.17) is 0 Å². The zero-order valence-electron chi connectivity index (χ0n) is 20.2. The van der Waals surface area contributed by atoms with Crippen LogP contribution in [0.1, 0.15) is 74.6 Å². The third kappa shape index (κ3) is 3.48. The summed E-state index contributed by atoms with van der Waals surface area (Å²) in [5, 5.41) is 27.4. The lowest BCUT2D eigenvalue weighted by molar-refractivity contribution is 0.0203. The smallest absolute Gasteiger partial charge is 0.116 e. The molecule has 174 valence electrons. The van der Waals surface area contributed by atoms with Crippen molar-refractivity contribution in [1.82, 2.24) is 0 Å². The van der Waals surface area contributed by atoms with E-state index in [1.165, 1.54) is 0 Å².